The molecule has 0 saturated carbocycles. The van der Waals surface area contributed by atoms with Gasteiger partial charge in [0.15, 0.2) is 0 Å². The summed E-state index contributed by atoms with van der Waals surface area (Å²) in [6, 6.07) is 5.85. The number of carboxylic acids is 1. The first-order valence-electron chi connectivity index (χ1n) is 7.68. The van der Waals surface area contributed by atoms with Gasteiger partial charge in [-0.1, -0.05) is 24.0 Å². The van der Waals surface area contributed by atoms with E-state index in [1.165, 1.54) is 6.21 Å². The fraction of sp³-hybridized carbons (Fsp3) is 0.294. The number of carbonyl (C=O) groups is 3. The first kappa shape index (κ1) is 20.7. The molecule has 1 atom stereocenters. The van der Waals surface area contributed by atoms with Gasteiger partial charge in [0.25, 0.3) is 0 Å². The molecule has 0 aliphatic heterocycles. The molecule has 0 heterocycles. The number of nitrogens with zero attached hydrogens (tertiary/aromatic N) is 1. The Hall–Kier alpha value is -3.38. The lowest BCUT2D eigenvalue weighted by Crippen LogP contribution is -2.36. The van der Waals surface area contributed by atoms with E-state index in [9.17, 15) is 14.4 Å². The minimum atomic E-state index is -1.14. The minimum absolute atomic E-state index is 0.0783. The van der Waals surface area contributed by atoms with Crippen LogP contribution in [-0.4, -0.2) is 46.9 Å². The summed E-state index contributed by atoms with van der Waals surface area (Å²) in [7, 11) is 0. The molecule has 26 heavy (non-hydrogen) atoms. The Morgan fingerprint density at radius 3 is 2.42 bits per heavy atom. The van der Waals surface area contributed by atoms with E-state index in [0.29, 0.717) is 5.69 Å². The number of rotatable bonds is 8. The summed E-state index contributed by atoms with van der Waals surface area (Å²) in [6.45, 7) is -0.440. The highest BCUT2D eigenvalue weighted by Crippen LogP contribution is 2.09. The van der Waals surface area contributed by atoms with Gasteiger partial charge in [-0.15, -0.1) is 0 Å². The predicted octanol–water partition coefficient (Wildman–Crippen LogP) is -0.347. The second-order valence-electron chi connectivity index (χ2n) is 5.15. The van der Waals surface area contributed by atoms with Crippen molar-refractivity contribution in [1.29, 1.82) is 0 Å². The van der Waals surface area contributed by atoms with Crippen LogP contribution in [0.4, 0.5) is 5.69 Å². The van der Waals surface area contributed by atoms with Gasteiger partial charge < -0.3 is 26.7 Å². The summed E-state index contributed by atoms with van der Waals surface area (Å²) in [5, 5.41) is 25.9. The Kier molecular flexibility index (Phi) is 8.92. The second kappa shape index (κ2) is 11.2. The zero-order valence-electron chi connectivity index (χ0n) is 13.9. The first-order chi connectivity index (χ1) is 12.4. The van der Waals surface area contributed by atoms with Crippen molar-refractivity contribution in [2.75, 3.05) is 11.9 Å². The number of aliphatic carboxylic acids is 1. The first-order valence-corrected chi connectivity index (χ1v) is 7.68. The van der Waals surface area contributed by atoms with Crippen molar-refractivity contribution in [3.05, 3.63) is 29.8 Å². The number of hydrogen-bond acceptors (Lipinski definition) is 6. The SMILES string of the molecule is NN=Cc1ccc(NC(=O)CCC(=O)NC(C#CCO)CC(=O)O)cc1. The Balaban J connectivity index is 2.47. The minimum Gasteiger partial charge on any atom is -0.481 e. The van der Waals surface area contributed by atoms with Gasteiger partial charge in [0.2, 0.25) is 11.8 Å². The van der Waals surface area contributed by atoms with E-state index in [1.54, 1.807) is 24.3 Å². The molecule has 0 aliphatic carbocycles. The summed E-state index contributed by atoms with van der Waals surface area (Å²) in [4.78, 5) is 34.4. The molecule has 138 valence electrons. The Morgan fingerprint density at radius 2 is 1.85 bits per heavy atom. The van der Waals surface area contributed by atoms with Gasteiger partial charge in [0, 0.05) is 18.5 Å². The largest absolute Gasteiger partial charge is 0.481 e. The van der Waals surface area contributed by atoms with Crippen molar-refractivity contribution < 1.29 is 24.6 Å². The standard InChI is InChI=1S/C17H20N4O5/c18-19-11-12-3-5-13(6-4-12)20-15(23)7-8-16(24)21-14(2-1-9-22)10-17(25)26/h3-6,11,14,22H,7-10,18H2,(H,20,23)(H,21,24)(H,25,26). The van der Waals surface area contributed by atoms with Crippen LogP contribution in [0.1, 0.15) is 24.8 Å². The summed E-state index contributed by atoms with van der Waals surface area (Å²) in [6.07, 6.45) is 0.859. The molecule has 0 spiro atoms. The number of aliphatic hydroxyl groups is 1. The van der Waals surface area contributed by atoms with Crippen molar-refractivity contribution in [2.24, 2.45) is 10.9 Å². The molecule has 6 N–H and O–H groups in total. The lowest BCUT2D eigenvalue weighted by atomic mass is 10.2. The number of amides is 2. The molecule has 2 amide bonds. The monoisotopic (exact) mass is 360 g/mol. The van der Waals surface area contributed by atoms with Crippen LogP contribution in [0.25, 0.3) is 0 Å². The van der Waals surface area contributed by atoms with Crippen LogP contribution in [0.5, 0.6) is 0 Å². The van der Waals surface area contributed by atoms with E-state index >= 15 is 0 Å². The van der Waals surface area contributed by atoms with Crippen LogP contribution < -0.4 is 16.5 Å². The number of hydrogen-bond donors (Lipinski definition) is 5. The summed E-state index contributed by atoms with van der Waals surface area (Å²) in [5.41, 5.74) is 1.33. The maximum absolute atomic E-state index is 11.9. The van der Waals surface area contributed by atoms with Crippen molar-refractivity contribution in [2.45, 2.75) is 25.3 Å². The summed E-state index contributed by atoms with van der Waals surface area (Å²) >= 11 is 0. The number of anilines is 1. The van der Waals surface area contributed by atoms with E-state index in [0.717, 1.165) is 5.56 Å². The van der Waals surface area contributed by atoms with Crippen LogP contribution in [0, 0.1) is 11.8 Å². The highest BCUT2D eigenvalue weighted by atomic mass is 16.4. The lowest BCUT2D eigenvalue weighted by Gasteiger charge is -2.11. The van der Waals surface area contributed by atoms with Gasteiger partial charge >= 0.3 is 5.97 Å². The molecule has 0 aliphatic rings. The average molecular weight is 360 g/mol. The van der Waals surface area contributed by atoms with E-state index in [4.69, 9.17) is 16.1 Å². The molecule has 9 nitrogen and oxygen atoms in total. The maximum Gasteiger partial charge on any atom is 0.306 e. The third-order valence-electron chi connectivity index (χ3n) is 3.07. The zero-order chi connectivity index (χ0) is 19.4. The number of carboxylic acid groups (broad SMARTS) is 1. The highest BCUT2D eigenvalue weighted by Gasteiger charge is 2.14. The van der Waals surface area contributed by atoms with E-state index in [-0.39, 0.29) is 18.7 Å². The fourth-order valence-electron chi connectivity index (χ4n) is 1.94. The smallest absolute Gasteiger partial charge is 0.306 e. The molecule has 0 radical (unpaired) electrons. The molecular weight excluding hydrogens is 340 g/mol. The van der Waals surface area contributed by atoms with Crippen LogP contribution in [0.3, 0.4) is 0 Å². The van der Waals surface area contributed by atoms with Crippen LogP contribution in [0.2, 0.25) is 0 Å². The van der Waals surface area contributed by atoms with Gasteiger partial charge in [-0.3, -0.25) is 14.4 Å². The van der Waals surface area contributed by atoms with E-state index in [1.807, 2.05) is 0 Å². The zero-order valence-corrected chi connectivity index (χ0v) is 13.9. The number of hydrazone groups is 1. The third-order valence-corrected chi connectivity index (χ3v) is 3.07. The molecule has 1 aromatic rings. The second-order valence-corrected chi connectivity index (χ2v) is 5.15. The van der Waals surface area contributed by atoms with Crippen molar-refractivity contribution in [1.82, 2.24) is 5.32 Å². The van der Waals surface area contributed by atoms with Crippen LogP contribution in [-0.2, 0) is 14.4 Å². The van der Waals surface area contributed by atoms with E-state index in [2.05, 4.69) is 27.6 Å². The fourth-order valence-corrected chi connectivity index (χ4v) is 1.94. The summed E-state index contributed by atoms with van der Waals surface area (Å²) in [5.74, 6) is 7.78. The third kappa shape index (κ3) is 8.47. The van der Waals surface area contributed by atoms with Crippen molar-refractivity contribution >= 4 is 29.7 Å². The predicted molar refractivity (Wildman–Crippen MR) is 95.1 cm³/mol. The van der Waals surface area contributed by atoms with Gasteiger partial charge in [0.1, 0.15) is 12.6 Å². The number of nitrogens with one attached hydrogen (secondary N) is 2. The van der Waals surface area contributed by atoms with Crippen molar-refractivity contribution in [3.63, 3.8) is 0 Å². The van der Waals surface area contributed by atoms with Gasteiger partial charge in [0.05, 0.1) is 12.6 Å². The molecule has 1 rings (SSSR count). The number of carbonyl (C=O) groups excluding carboxylic acids is 2. The van der Waals surface area contributed by atoms with Crippen LogP contribution in [0.15, 0.2) is 29.4 Å². The van der Waals surface area contributed by atoms with Crippen LogP contribution >= 0.6 is 0 Å². The lowest BCUT2D eigenvalue weighted by molar-refractivity contribution is -0.137. The Labute approximate surface area is 150 Å². The number of nitrogens with two attached hydrogens (primary N) is 1. The molecular formula is C17H20N4O5. The van der Waals surface area contributed by atoms with Gasteiger partial charge in [-0.25, -0.2) is 0 Å². The highest BCUT2D eigenvalue weighted by molar-refractivity contribution is 5.93. The topological polar surface area (TPSA) is 154 Å². The summed E-state index contributed by atoms with van der Waals surface area (Å²) < 4.78 is 0. The quantitative estimate of drug-likeness (QED) is 0.185. The molecule has 0 bridgehead atoms. The molecule has 9 heteroatoms. The maximum atomic E-state index is 11.9. The molecule has 1 aromatic carbocycles. The molecule has 0 fully saturated rings. The average Bonchev–Trinajstić information content (AvgIpc) is 2.59. The Morgan fingerprint density at radius 1 is 1.19 bits per heavy atom. The molecule has 0 saturated heterocycles. The van der Waals surface area contributed by atoms with E-state index < -0.39 is 30.9 Å². The van der Waals surface area contributed by atoms with Gasteiger partial charge in [-0.05, 0) is 17.7 Å². The molecule has 0 aromatic heterocycles. The normalized spacial score (nSPS) is 11.3. The molecule has 1 unspecified atom stereocenters. The Bertz CT molecular complexity index is 719. The van der Waals surface area contributed by atoms with Crippen molar-refractivity contribution in [3.8, 4) is 11.8 Å². The van der Waals surface area contributed by atoms with Gasteiger partial charge in [-0.2, -0.15) is 5.10 Å². The number of benzene rings is 1. The number of aliphatic hydroxyl groups excluding tert-OH is 1.